The van der Waals surface area contributed by atoms with Crippen LogP contribution in [0, 0.1) is 0 Å². The van der Waals surface area contributed by atoms with Gasteiger partial charge in [0.1, 0.15) is 5.75 Å². The Hall–Kier alpha value is -2.07. The van der Waals surface area contributed by atoms with Gasteiger partial charge in [-0.25, -0.2) is 0 Å². The van der Waals surface area contributed by atoms with Crippen molar-refractivity contribution >= 4 is 16.7 Å². The van der Waals surface area contributed by atoms with Gasteiger partial charge in [-0.1, -0.05) is 24.3 Å². The summed E-state index contributed by atoms with van der Waals surface area (Å²) in [5, 5.41) is 13.9. The lowest BCUT2D eigenvalue weighted by molar-refractivity contribution is -0.118. The van der Waals surface area contributed by atoms with Crippen molar-refractivity contribution in [1.82, 2.24) is 5.32 Å². The van der Waals surface area contributed by atoms with E-state index >= 15 is 0 Å². The van der Waals surface area contributed by atoms with Crippen LogP contribution in [0.15, 0.2) is 36.4 Å². The van der Waals surface area contributed by atoms with Crippen LogP contribution in [0.25, 0.3) is 10.8 Å². The summed E-state index contributed by atoms with van der Waals surface area (Å²) in [7, 11) is 0. The predicted molar refractivity (Wildman–Crippen MR) is 88.2 cm³/mol. The van der Waals surface area contributed by atoms with Gasteiger partial charge in [0.2, 0.25) is 5.91 Å². The van der Waals surface area contributed by atoms with Gasteiger partial charge in [0.25, 0.3) is 0 Å². The van der Waals surface area contributed by atoms with Crippen LogP contribution in [0.2, 0.25) is 0 Å². The summed E-state index contributed by atoms with van der Waals surface area (Å²) in [6.45, 7) is 2.98. The van der Waals surface area contributed by atoms with E-state index in [9.17, 15) is 4.79 Å². The summed E-state index contributed by atoms with van der Waals surface area (Å²) in [6, 6.07) is 12.3. The van der Waals surface area contributed by atoms with Crippen molar-refractivity contribution in [2.45, 2.75) is 26.2 Å². The van der Waals surface area contributed by atoms with Gasteiger partial charge in [0, 0.05) is 20.1 Å². The summed E-state index contributed by atoms with van der Waals surface area (Å²) in [6.07, 6.45) is 2.40. The summed E-state index contributed by atoms with van der Waals surface area (Å²) in [4.78, 5) is 11.0. The van der Waals surface area contributed by atoms with E-state index in [1.54, 1.807) is 0 Å². The first-order valence-corrected chi connectivity index (χ1v) is 7.70. The average Bonchev–Trinajstić information content (AvgIpc) is 2.51. The Bertz CT molecular complexity index is 625. The van der Waals surface area contributed by atoms with Gasteiger partial charge < -0.3 is 15.2 Å². The van der Waals surface area contributed by atoms with Crippen LogP contribution in [0.5, 0.6) is 5.75 Å². The van der Waals surface area contributed by atoms with Gasteiger partial charge in [0.05, 0.1) is 6.61 Å². The summed E-state index contributed by atoms with van der Waals surface area (Å²) < 4.78 is 5.73. The minimum Gasteiger partial charge on any atom is -0.494 e. The van der Waals surface area contributed by atoms with E-state index in [1.807, 2.05) is 12.1 Å². The standard InChI is InChI=1S/C18H23NO3/c1-14(21)19-10-9-16-6-4-5-15-7-8-17(13-18(15)16)22-12-3-2-11-20/h4-8,13,20H,2-3,9-12H2,1H3,(H,19,21). The highest BCUT2D eigenvalue weighted by Crippen LogP contribution is 2.24. The molecule has 0 aliphatic rings. The van der Waals surface area contributed by atoms with Crippen molar-refractivity contribution in [2.24, 2.45) is 0 Å². The largest absolute Gasteiger partial charge is 0.494 e. The van der Waals surface area contributed by atoms with Crippen LogP contribution in [-0.2, 0) is 11.2 Å². The predicted octanol–water partition coefficient (Wildman–Crippen LogP) is 2.67. The van der Waals surface area contributed by atoms with Crippen molar-refractivity contribution in [3.05, 3.63) is 42.0 Å². The average molecular weight is 301 g/mol. The second-order valence-corrected chi connectivity index (χ2v) is 5.31. The molecule has 2 N–H and O–H groups in total. The molecule has 2 rings (SSSR count). The highest BCUT2D eigenvalue weighted by atomic mass is 16.5. The molecule has 4 heteroatoms. The fourth-order valence-corrected chi connectivity index (χ4v) is 2.40. The normalized spacial score (nSPS) is 10.6. The number of amides is 1. The molecular formula is C18H23NO3. The number of hydrogen-bond donors (Lipinski definition) is 2. The molecule has 1 amide bonds. The molecule has 2 aromatic carbocycles. The Kier molecular flexibility index (Phi) is 6.22. The van der Waals surface area contributed by atoms with Crippen LogP contribution in [-0.4, -0.2) is 30.8 Å². The maximum Gasteiger partial charge on any atom is 0.216 e. The van der Waals surface area contributed by atoms with Crippen LogP contribution in [0.3, 0.4) is 0 Å². The fourth-order valence-electron chi connectivity index (χ4n) is 2.40. The smallest absolute Gasteiger partial charge is 0.216 e. The Morgan fingerprint density at radius 3 is 2.86 bits per heavy atom. The van der Waals surface area contributed by atoms with Gasteiger partial charge >= 0.3 is 0 Å². The maximum absolute atomic E-state index is 11.0. The zero-order chi connectivity index (χ0) is 15.8. The zero-order valence-electron chi connectivity index (χ0n) is 13.0. The number of aliphatic hydroxyl groups excluding tert-OH is 1. The Labute approximate surface area is 131 Å². The number of carbonyl (C=O) groups is 1. The van der Waals surface area contributed by atoms with Crippen molar-refractivity contribution < 1.29 is 14.6 Å². The quantitative estimate of drug-likeness (QED) is 0.737. The van der Waals surface area contributed by atoms with Gasteiger partial charge in [-0.2, -0.15) is 0 Å². The number of unbranched alkanes of at least 4 members (excludes halogenated alkanes) is 1. The SMILES string of the molecule is CC(=O)NCCc1cccc2ccc(OCCCCO)cc12. The van der Waals surface area contributed by atoms with Crippen molar-refractivity contribution in [1.29, 1.82) is 0 Å². The van der Waals surface area contributed by atoms with E-state index in [0.717, 1.165) is 30.4 Å². The molecular weight excluding hydrogens is 278 g/mol. The van der Waals surface area contributed by atoms with Gasteiger partial charge in [-0.3, -0.25) is 4.79 Å². The van der Waals surface area contributed by atoms with E-state index in [1.165, 1.54) is 17.9 Å². The molecule has 0 aliphatic carbocycles. The first-order valence-electron chi connectivity index (χ1n) is 7.70. The number of rotatable bonds is 8. The maximum atomic E-state index is 11.0. The summed E-state index contributed by atoms with van der Waals surface area (Å²) in [5.41, 5.74) is 1.20. The third-order valence-electron chi connectivity index (χ3n) is 3.53. The molecule has 0 bridgehead atoms. The number of aliphatic hydroxyl groups is 1. The van der Waals surface area contributed by atoms with Gasteiger partial charge in [-0.05, 0) is 47.7 Å². The third kappa shape index (κ3) is 4.74. The Balaban J connectivity index is 2.09. The molecule has 0 aromatic heterocycles. The fraction of sp³-hybridized carbons (Fsp3) is 0.389. The molecule has 0 spiro atoms. The number of benzene rings is 2. The first-order chi connectivity index (χ1) is 10.7. The number of ether oxygens (including phenoxy) is 1. The minimum atomic E-state index is -0.00635. The molecule has 0 unspecified atom stereocenters. The van der Waals surface area contributed by atoms with E-state index in [4.69, 9.17) is 9.84 Å². The van der Waals surface area contributed by atoms with Crippen LogP contribution in [0.1, 0.15) is 25.3 Å². The molecule has 4 nitrogen and oxygen atoms in total. The molecule has 0 aliphatic heterocycles. The second kappa shape index (κ2) is 8.39. The van der Waals surface area contributed by atoms with Gasteiger partial charge in [0.15, 0.2) is 0 Å². The van der Waals surface area contributed by atoms with Crippen LogP contribution in [0.4, 0.5) is 0 Å². The van der Waals surface area contributed by atoms with Crippen molar-refractivity contribution in [3.8, 4) is 5.75 Å². The summed E-state index contributed by atoms with van der Waals surface area (Å²) >= 11 is 0. The van der Waals surface area contributed by atoms with Crippen molar-refractivity contribution in [3.63, 3.8) is 0 Å². The molecule has 22 heavy (non-hydrogen) atoms. The molecule has 0 heterocycles. The molecule has 0 radical (unpaired) electrons. The van der Waals surface area contributed by atoms with Crippen LogP contribution >= 0.6 is 0 Å². The molecule has 0 atom stereocenters. The Morgan fingerprint density at radius 1 is 1.23 bits per heavy atom. The monoisotopic (exact) mass is 301 g/mol. The highest BCUT2D eigenvalue weighted by Gasteiger charge is 2.04. The van der Waals surface area contributed by atoms with E-state index in [2.05, 4.69) is 29.6 Å². The lowest BCUT2D eigenvalue weighted by Gasteiger charge is -2.10. The van der Waals surface area contributed by atoms with E-state index in [-0.39, 0.29) is 12.5 Å². The number of carbonyl (C=O) groups excluding carboxylic acids is 1. The lowest BCUT2D eigenvalue weighted by Crippen LogP contribution is -2.22. The summed E-state index contributed by atoms with van der Waals surface area (Å²) in [5.74, 6) is 0.838. The minimum absolute atomic E-state index is 0.00635. The lowest BCUT2D eigenvalue weighted by atomic mass is 10.0. The van der Waals surface area contributed by atoms with Gasteiger partial charge in [-0.15, -0.1) is 0 Å². The number of hydrogen-bond acceptors (Lipinski definition) is 3. The van der Waals surface area contributed by atoms with E-state index in [0.29, 0.717) is 13.2 Å². The zero-order valence-corrected chi connectivity index (χ0v) is 13.0. The second-order valence-electron chi connectivity index (χ2n) is 5.31. The Morgan fingerprint density at radius 2 is 2.09 bits per heavy atom. The van der Waals surface area contributed by atoms with Crippen molar-refractivity contribution in [2.75, 3.05) is 19.8 Å². The molecule has 118 valence electrons. The first kappa shape index (κ1) is 16.3. The third-order valence-corrected chi connectivity index (χ3v) is 3.53. The topological polar surface area (TPSA) is 58.6 Å². The molecule has 0 saturated heterocycles. The van der Waals surface area contributed by atoms with E-state index < -0.39 is 0 Å². The number of nitrogens with one attached hydrogen (secondary N) is 1. The highest BCUT2D eigenvalue weighted by molar-refractivity contribution is 5.87. The molecule has 0 saturated carbocycles. The number of fused-ring (bicyclic) bond motifs is 1. The molecule has 0 fully saturated rings. The molecule has 2 aromatic rings. The van der Waals surface area contributed by atoms with Crippen LogP contribution < -0.4 is 10.1 Å².